The molecule has 1 aromatic carbocycles. The maximum absolute atomic E-state index is 5.88. The van der Waals surface area contributed by atoms with Crippen molar-refractivity contribution in [2.75, 3.05) is 25.6 Å². The topological polar surface area (TPSA) is 52.6 Å². The van der Waals surface area contributed by atoms with Crippen molar-refractivity contribution in [3.63, 3.8) is 0 Å². The molecule has 122 valence electrons. The van der Waals surface area contributed by atoms with Gasteiger partial charge in [0, 0.05) is 25.8 Å². The standard InChI is InChI=1S/C16H24N2O3S/c1-10(2)20-13-8-12-15(9-14(13)21-11(3)4)22-16(18-12)17-6-7-19-5/h8-11H,6-7H2,1-5H3,(H,17,18). The highest BCUT2D eigenvalue weighted by Crippen LogP contribution is 2.37. The molecule has 0 saturated heterocycles. The predicted octanol–water partition coefficient (Wildman–Crippen LogP) is 3.93. The number of thiazole rings is 1. The SMILES string of the molecule is COCCNc1nc2cc(OC(C)C)c(OC(C)C)cc2s1. The van der Waals surface area contributed by atoms with E-state index in [0.717, 1.165) is 33.4 Å². The Kier molecular flexibility index (Phi) is 5.85. The third kappa shape index (κ3) is 4.48. The number of hydrogen-bond acceptors (Lipinski definition) is 6. The molecule has 0 aliphatic rings. The summed E-state index contributed by atoms with van der Waals surface area (Å²) in [4.78, 5) is 4.59. The van der Waals surface area contributed by atoms with Crippen LogP contribution >= 0.6 is 11.3 Å². The third-order valence-electron chi connectivity index (χ3n) is 2.76. The lowest BCUT2D eigenvalue weighted by molar-refractivity contribution is 0.199. The van der Waals surface area contributed by atoms with E-state index in [1.54, 1.807) is 18.4 Å². The number of rotatable bonds is 8. The van der Waals surface area contributed by atoms with Gasteiger partial charge < -0.3 is 19.5 Å². The zero-order chi connectivity index (χ0) is 16.1. The first-order valence-electron chi connectivity index (χ1n) is 7.50. The van der Waals surface area contributed by atoms with Crippen LogP contribution in [0.3, 0.4) is 0 Å². The average molecular weight is 324 g/mol. The second-order valence-electron chi connectivity index (χ2n) is 5.54. The molecule has 0 unspecified atom stereocenters. The first-order chi connectivity index (χ1) is 10.5. The van der Waals surface area contributed by atoms with Gasteiger partial charge in [-0.15, -0.1) is 0 Å². The van der Waals surface area contributed by atoms with E-state index in [1.165, 1.54) is 0 Å². The monoisotopic (exact) mass is 324 g/mol. The Morgan fingerprint density at radius 3 is 2.32 bits per heavy atom. The van der Waals surface area contributed by atoms with Gasteiger partial charge in [0.2, 0.25) is 0 Å². The minimum Gasteiger partial charge on any atom is -0.487 e. The van der Waals surface area contributed by atoms with Gasteiger partial charge in [0.25, 0.3) is 0 Å². The van der Waals surface area contributed by atoms with E-state index in [1.807, 2.05) is 39.8 Å². The normalized spacial score (nSPS) is 11.4. The molecule has 2 aromatic rings. The Bertz CT molecular complexity index is 564. The van der Waals surface area contributed by atoms with Crippen molar-refractivity contribution in [3.8, 4) is 11.5 Å². The molecule has 1 N–H and O–H groups in total. The minimum absolute atomic E-state index is 0.0879. The second kappa shape index (κ2) is 7.65. The summed E-state index contributed by atoms with van der Waals surface area (Å²) in [7, 11) is 1.69. The van der Waals surface area contributed by atoms with Crippen LogP contribution in [0.25, 0.3) is 10.2 Å². The van der Waals surface area contributed by atoms with Crippen LogP contribution in [0.2, 0.25) is 0 Å². The number of nitrogens with zero attached hydrogens (tertiary/aromatic N) is 1. The van der Waals surface area contributed by atoms with Crippen LogP contribution in [-0.2, 0) is 4.74 Å². The van der Waals surface area contributed by atoms with Crippen LogP contribution in [0.4, 0.5) is 5.13 Å². The quantitative estimate of drug-likeness (QED) is 0.746. The lowest BCUT2D eigenvalue weighted by atomic mass is 10.3. The summed E-state index contributed by atoms with van der Waals surface area (Å²) < 4.78 is 17.9. The maximum atomic E-state index is 5.88. The van der Waals surface area contributed by atoms with Gasteiger partial charge in [-0.05, 0) is 27.7 Å². The molecule has 0 amide bonds. The smallest absolute Gasteiger partial charge is 0.183 e. The summed E-state index contributed by atoms with van der Waals surface area (Å²) in [5, 5.41) is 4.14. The molecule has 0 aliphatic carbocycles. The van der Waals surface area contributed by atoms with Gasteiger partial charge in [-0.3, -0.25) is 0 Å². The van der Waals surface area contributed by atoms with E-state index in [2.05, 4.69) is 10.3 Å². The summed E-state index contributed by atoms with van der Waals surface area (Å²) in [5.41, 5.74) is 0.914. The van der Waals surface area contributed by atoms with E-state index in [4.69, 9.17) is 14.2 Å². The Labute approximate surface area is 135 Å². The number of fused-ring (bicyclic) bond motifs is 1. The van der Waals surface area contributed by atoms with E-state index in [0.29, 0.717) is 6.61 Å². The van der Waals surface area contributed by atoms with Gasteiger partial charge in [0.05, 0.1) is 29.0 Å². The van der Waals surface area contributed by atoms with E-state index < -0.39 is 0 Å². The maximum Gasteiger partial charge on any atom is 0.183 e. The molecule has 0 radical (unpaired) electrons. The Hall–Kier alpha value is -1.53. The fourth-order valence-corrected chi connectivity index (χ4v) is 2.87. The number of anilines is 1. The molecule has 2 rings (SSSR count). The lowest BCUT2D eigenvalue weighted by Crippen LogP contribution is -2.10. The molecule has 0 saturated carbocycles. The number of ether oxygens (including phenoxy) is 3. The van der Waals surface area contributed by atoms with Crippen molar-refractivity contribution < 1.29 is 14.2 Å². The molecule has 0 fully saturated rings. The van der Waals surface area contributed by atoms with Gasteiger partial charge in [-0.1, -0.05) is 11.3 Å². The zero-order valence-electron chi connectivity index (χ0n) is 13.8. The summed E-state index contributed by atoms with van der Waals surface area (Å²) in [5.74, 6) is 1.51. The van der Waals surface area contributed by atoms with Gasteiger partial charge in [0.15, 0.2) is 16.6 Å². The molecule has 1 aromatic heterocycles. The van der Waals surface area contributed by atoms with Crippen molar-refractivity contribution in [1.82, 2.24) is 4.98 Å². The van der Waals surface area contributed by atoms with Crippen LogP contribution in [-0.4, -0.2) is 37.5 Å². The number of aromatic nitrogens is 1. The van der Waals surface area contributed by atoms with Crippen LogP contribution < -0.4 is 14.8 Å². The zero-order valence-corrected chi connectivity index (χ0v) is 14.6. The lowest BCUT2D eigenvalue weighted by Gasteiger charge is -2.16. The summed E-state index contributed by atoms with van der Waals surface area (Å²) in [6.07, 6.45) is 0.184. The summed E-state index contributed by atoms with van der Waals surface area (Å²) >= 11 is 1.60. The Morgan fingerprint density at radius 2 is 1.73 bits per heavy atom. The van der Waals surface area contributed by atoms with Gasteiger partial charge >= 0.3 is 0 Å². The Morgan fingerprint density at radius 1 is 1.09 bits per heavy atom. The molecule has 0 spiro atoms. The highest BCUT2D eigenvalue weighted by atomic mass is 32.1. The highest BCUT2D eigenvalue weighted by molar-refractivity contribution is 7.22. The van der Waals surface area contributed by atoms with Gasteiger partial charge in [0.1, 0.15) is 0 Å². The van der Waals surface area contributed by atoms with Gasteiger partial charge in [-0.2, -0.15) is 0 Å². The highest BCUT2D eigenvalue weighted by Gasteiger charge is 2.14. The molecule has 22 heavy (non-hydrogen) atoms. The molecular formula is C16H24N2O3S. The molecule has 0 aliphatic heterocycles. The molecule has 6 heteroatoms. The fourth-order valence-electron chi connectivity index (χ4n) is 1.96. The number of hydrogen-bond donors (Lipinski definition) is 1. The van der Waals surface area contributed by atoms with Crippen molar-refractivity contribution in [1.29, 1.82) is 0 Å². The first-order valence-corrected chi connectivity index (χ1v) is 8.32. The number of nitrogens with one attached hydrogen (secondary N) is 1. The minimum atomic E-state index is 0.0879. The largest absolute Gasteiger partial charge is 0.487 e. The molecule has 0 atom stereocenters. The van der Waals surface area contributed by atoms with Crippen molar-refractivity contribution in [3.05, 3.63) is 12.1 Å². The summed E-state index contributed by atoms with van der Waals surface area (Å²) in [6, 6.07) is 3.96. The number of methoxy groups -OCH3 is 1. The molecule has 0 bridgehead atoms. The van der Waals surface area contributed by atoms with E-state index in [-0.39, 0.29) is 12.2 Å². The predicted molar refractivity (Wildman–Crippen MR) is 91.5 cm³/mol. The molecular weight excluding hydrogens is 300 g/mol. The Balaban J connectivity index is 2.30. The first kappa shape index (κ1) is 16.8. The number of benzene rings is 1. The van der Waals surface area contributed by atoms with Crippen molar-refractivity contribution >= 4 is 26.7 Å². The molecule has 1 heterocycles. The van der Waals surface area contributed by atoms with Crippen LogP contribution in [0, 0.1) is 0 Å². The van der Waals surface area contributed by atoms with Crippen LogP contribution in [0.1, 0.15) is 27.7 Å². The summed E-state index contributed by atoms with van der Waals surface area (Å²) in [6.45, 7) is 9.41. The van der Waals surface area contributed by atoms with E-state index >= 15 is 0 Å². The third-order valence-corrected chi connectivity index (χ3v) is 3.74. The molecule has 5 nitrogen and oxygen atoms in total. The van der Waals surface area contributed by atoms with Gasteiger partial charge in [-0.25, -0.2) is 4.98 Å². The van der Waals surface area contributed by atoms with Crippen molar-refractivity contribution in [2.45, 2.75) is 39.9 Å². The fraction of sp³-hybridized carbons (Fsp3) is 0.562. The second-order valence-corrected chi connectivity index (χ2v) is 6.57. The van der Waals surface area contributed by atoms with Crippen LogP contribution in [0.15, 0.2) is 12.1 Å². The van der Waals surface area contributed by atoms with Crippen LogP contribution in [0.5, 0.6) is 11.5 Å². The average Bonchev–Trinajstić information content (AvgIpc) is 2.79. The van der Waals surface area contributed by atoms with Crippen molar-refractivity contribution in [2.24, 2.45) is 0 Å². The van der Waals surface area contributed by atoms with E-state index in [9.17, 15) is 0 Å².